The van der Waals surface area contributed by atoms with E-state index in [4.69, 9.17) is 0 Å². The summed E-state index contributed by atoms with van der Waals surface area (Å²) in [4.78, 5) is 4.35. The molecule has 2 aromatic rings. The highest BCUT2D eigenvalue weighted by Gasteiger charge is 2.25. The molecule has 0 unspecified atom stereocenters. The molecule has 0 radical (unpaired) electrons. The summed E-state index contributed by atoms with van der Waals surface area (Å²) in [5.74, 6) is 1.07. The number of rotatable bonds is 2. The van der Waals surface area contributed by atoms with E-state index >= 15 is 0 Å². The van der Waals surface area contributed by atoms with Crippen molar-refractivity contribution in [2.75, 3.05) is 0 Å². The Morgan fingerprint density at radius 3 is 3.08 bits per heavy atom. The maximum Gasteiger partial charge on any atom is 0.142 e. The Labute approximate surface area is 80.2 Å². The van der Waals surface area contributed by atoms with Crippen molar-refractivity contribution in [2.24, 2.45) is 0 Å². The van der Waals surface area contributed by atoms with Crippen molar-refractivity contribution in [3.63, 3.8) is 0 Å². The molecule has 3 rings (SSSR count). The van der Waals surface area contributed by atoms with Crippen LogP contribution in [0.15, 0.2) is 24.0 Å². The van der Waals surface area contributed by atoms with Gasteiger partial charge in [-0.3, -0.25) is 0 Å². The predicted octanol–water partition coefficient (Wildman–Crippen LogP) is 2.34. The van der Waals surface area contributed by atoms with Crippen LogP contribution in [0.5, 0.6) is 0 Å². The van der Waals surface area contributed by atoms with E-state index in [1.165, 1.54) is 24.4 Å². The van der Waals surface area contributed by atoms with Crippen LogP contribution in [0.25, 0.3) is 11.4 Å². The van der Waals surface area contributed by atoms with Crippen LogP contribution >= 0.6 is 11.5 Å². The van der Waals surface area contributed by atoms with Crippen LogP contribution in [0, 0.1) is 0 Å². The Morgan fingerprint density at radius 1 is 1.46 bits per heavy atom. The maximum absolute atomic E-state index is 4.35. The molecular formula is C9H9N3S. The molecule has 0 spiro atoms. The van der Waals surface area contributed by atoms with Crippen molar-refractivity contribution in [1.29, 1.82) is 0 Å². The highest BCUT2D eigenvalue weighted by Crippen LogP contribution is 2.37. The van der Waals surface area contributed by atoms with E-state index in [1.807, 2.05) is 17.8 Å². The van der Waals surface area contributed by atoms with E-state index in [2.05, 4.69) is 20.1 Å². The Kier molecular flexibility index (Phi) is 1.49. The zero-order valence-electron chi connectivity index (χ0n) is 7.05. The molecule has 0 aromatic carbocycles. The molecular weight excluding hydrogens is 182 g/mol. The van der Waals surface area contributed by atoms with Gasteiger partial charge in [0.1, 0.15) is 5.82 Å². The minimum absolute atomic E-state index is 0.692. The fourth-order valence-electron chi connectivity index (χ4n) is 1.50. The normalized spacial score (nSPS) is 16.3. The van der Waals surface area contributed by atoms with Gasteiger partial charge in [-0.05, 0) is 24.4 Å². The lowest BCUT2D eigenvalue weighted by atomic mass is 10.3. The van der Waals surface area contributed by atoms with Crippen molar-refractivity contribution >= 4 is 11.5 Å². The Bertz CT molecular complexity index is 400. The molecule has 13 heavy (non-hydrogen) atoms. The number of imidazole rings is 1. The number of hydrogen-bond donors (Lipinski definition) is 0. The lowest BCUT2D eigenvalue weighted by Crippen LogP contribution is -1.94. The molecule has 66 valence electrons. The van der Waals surface area contributed by atoms with Crippen molar-refractivity contribution in [2.45, 2.75) is 18.9 Å². The first-order valence-corrected chi connectivity index (χ1v) is 5.21. The molecule has 1 saturated carbocycles. The summed E-state index contributed by atoms with van der Waals surface area (Å²) in [5.41, 5.74) is 1.14. The molecule has 0 atom stereocenters. The smallest absolute Gasteiger partial charge is 0.142 e. The van der Waals surface area contributed by atoms with Crippen molar-refractivity contribution in [1.82, 2.24) is 13.9 Å². The molecule has 0 aliphatic heterocycles. The number of hydrogen-bond acceptors (Lipinski definition) is 3. The number of nitrogens with zero attached hydrogens (tertiary/aromatic N) is 3. The molecule has 4 heteroatoms. The minimum Gasteiger partial charge on any atom is -0.328 e. The van der Waals surface area contributed by atoms with Crippen LogP contribution < -0.4 is 0 Å². The van der Waals surface area contributed by atoms with E-state index in [0.29, 0.717) is 6.04 Å². The van der Waals surface area contributed by atoms with Crippen LogP contribution in [0.2, 0.25) is 0 Å². The molecule has 1 aliphatic carbocycles. The van der Waals surface area contributed by atoms with E-state index in [9.17, 15) is 0 Å². The van der Waals surface area contributed by atoms with Crippen LogP contribution in [-0.4, -0.2) is 13.9 Å². The quantitative estimate of drug-likeness (QED) is 0.729. The molecule has 3 nitrogen and oxygen atoms in total. The first-order chi connectivity index (χ1) is 6.45. The van der Waals surface area contributed by atoms with Gasteiger partial charge in [-0.1, -0.05) is 0 Å². The molecule has 0 bridgehead atoms. The van der Waals surface area contributed by atoms with Gasteiger partial charge in [0.2, 0.25) is 0 Å². The van der Waals surface area contributed by atoms with Gasteiger partial charge >= 0.3 is 0 Å². The maximum atomic E-state index is 4.35. The van der Waals surface area contributed by atoms with Crippen LogP contribution in [0.4, 0.5) is 0 Å². The summed E-state index contributed by atoms with van der Waals surface area (Å²) in [7, 11) is 0. The van der Waals surface area contributed by atoms with Gasteiger partial charge in [0.05, 0.1) is 6.20 Å². The molecule has 0 saturated heterocycles. The van der Waals surface area contributed by atoms with Gasteiger partial charge in [-0.2, -0.15) is 0 Å². The largest absolute Gasteiger partial charge is 0.328 e. The number of aromatic nitrogens is 3. The van der Waals surface area contributed by atoms with E-state index < -0.39 is 0 Å². The van der Waals surface area contributed by atoms with E-state index in [-0.39, 0.29) is 0 Å². The lowest BCUT2D eigenvalue weighted by Gasteiger charge is -2.02. The third-order valence-electron chi connectivity index (χ3n) is 2.30. The average Bonchev–Trinajstić information content (AvgIpc) is 2.72. The van der Waals surface area contributed by atoms with Crippen LogP contribution in [0.1, 0.15) is 18.9 Å². The molecule has 0 N–H and O–H groups in total. The van der Waals surface area contributed by atoms with Gasteiger partial charge in [-0.15, -0.1) is 0 Å². The molecule has 2 aromatic heterocycles. The minimum atomic E-state index is 0.692. The second-order valence-electron chi connectivity index (χ2n) is 3.30. The average molecular weight is 191 g/mol. The first kappa shape index (κ1) is 7.26. The highest BCUT2D eigenvalue weighted by molar-refractivity contribution is 7.03. The van der Waals surface area contributed by atoms with Crippen molar-refractivity contribution < 1.29 is 0 Å². The zero-order chi connectivity index (χ0) is 8.67. The van der Waals surface area contributed by atoms with Gasteiger partial charge in [-0.25, -0.2) is 9.36 Å². The topological polar surface area (TPSA) is 30.7 Å². The molecule has 1 aliphatic rings. The fraction of sp³-hybridized carbons (Fsp3) is 0.333. The Hall–Kier alpha value is -1.16. The van der Waals surface area contributed by atoms with E-state index in [1.54, 1.807) is 0 Å². The van der Waals surface area contributed by atoms with Crippen molar-refractivity contribution in [3.8, 4) is 11.4 Å². The predicted molar refractivity (Wildman–Crippen MR) is 51.6 cm³/mol. The second kappa shape index (κ2) is 2.67. The summed E-state index contributed by atoms with van der Waals surface area (Å²) in [5, 5.41) is 2.04. The third kappa shape index (κ3) is 1.18. The third-order valence-corrected chi connectivity index (χ3v) is 2.89. The van der Waals surface area contributed by atoms with Gasteiger partial charge in [0, 0.05) is 29.4 Å². The first-order valence-electron chi connectivity index (χ1n) is 4.38. The zero-order valence-corrected chi connectivity index (χ0v) is 7.87. The second-order valence-corrected chi connectivity index (χ2v) is 3.96. The van der Waals surface area contributed by atoms with Gasteiger partial charge in [0.15, 0.2) is 0 Å². The fourth-order valence-corrected chi connectivity index (χ4v) is 2.01. The summed E-state index contributed by atoms with van der Waals surface area (Å²) in [6, 6.07) is 0.692. The molecule has 0 amide bonds. The molecule has 2 heterocycles. The summed E-state index contributed by atoms with van der Waals surface area (Å²) in [6.45, 7) is 0. The van der Waals surface area contributed by atoms with E-state index in [0.717, 1.165) is 11.4 Å². The summed E-state index contributed by atoms with van der Waals surface area (Å²) in [6.07, 6.45) is 8.39. The van der Waals surface area contributed by atoms with Gasteiger partial charge < -0.3 is 4.57 Å². The Balaban J connectivity index is 2.08. The lowest BCUT2D eigenvalue weighted by molar-refractivity contribution is 0.750. The van der Waals surface area contributed by atoms with Gasteiger partial charge in [0.25, 0.3) is 0 Å². The standard InChI is InChI=1S/C9H9N3S/c1-2-8(1)12-4-3-10-9(12)7-5-11-13-6-7/h3-6,8H,1-2H2. The SMILES string of the molecule is c1cn(C2CC2)c(-c2cnsc2)n1. The van der Waals surface area contributed by atoms with Crippen LogP contribution in [-0.2, 0) is 0 Å². The molecule has 1 fully saturated rings. The summed E-state index contributed by atoms with van der Waals surface area (Å²) >= 11 is 1.48. The van der Waals surface area contributed by atoms with Crippen molar-refractivity contribution in [3.05, 3.63) is 24.0 Å². The van der Waals surface area contributed by atoms with Crippen LogP contribution in [0.3, 0.4) is 0 Å². The highest BCUT2D eigenvalue weighted by atomic mass is 32.1. The Morgan fingerprint density at radius 2 is 2.38 bits per heavy atom. The monoisotopic (exact) mass is 191 g/mol. The summed E-state index contributed by atoms with van der Waals surface area (Å²) < 4.78 is 6.34.